The highest BCUT2D eigenvalue weighted by Crippen LogP contribution is 2.31. The predicted molar refractivity (Wildman–Crippen MR) is 88.7 cm³/mol. The van der Waals surface area contributed by atoms with Crippen LogP contribution in [0.25, 0.3) is 0 Å². The molecular weight excluding hydrogens is 276 g/mol. The standard InChI is InChI=1S/C19H24O3/c1-4-21-17-12-11-15(14-19(17)22-5-2)13-18(20-3)16-9-7-6-8-10-16/h6-12,14,18H,4-5,13H2,1-3H3. The fourth-order valence-electron chi connectivity index (χ4n) is 2.44. The highest BCUT2D eigenvalue weighted by Gasteiger charge is 2.13. The molecule has 0 heterocycles. The van der Waals surface area contributed by atoms with Crippen LogP contribution in [0.1, 0.15) is 31.1 Å². The average Bonchev–Trinajstić information content (AvgIpc) is 2.56. The first-order valence-electron chi connectivity index (χ1n) is 7.74. The lowest BCUT2D eigenvalue weighted by atomic mass is 10.0. The average molecular weight is 300 g/mol. The first kappa shape index (κ1) is 16.4. The SMILES string of the molecule is CCOc1ccc(CC(OC)c2ccccc2)cc1OCC. The molecule has 3 nitrogen and oxygen atoms in total. The second kappa shape index (κ2) is 8.44. The van der Waals surface area contributed by atoms with E-state index in [4.69, 9.17) is 14.2 Å². The fraction of sp³-hybridized carbons (Fsp3) is 0.368. The summed E-state index contributed by atoms with van der Waals surface area (Å²) in [6.07, 6.45) is 0.834. The Balaban J connectivity index is 2.19. The molecule has 118 valence electrons. The van der Waals surface area contributed by atoms with Crippen molar-refractivity contribution in [2.24, 2.45) is 0 Å². The van der Waals surface area contributed by atoms with E-state index < -0.39 is 0 Å². The van der Waals surface area contributed by atoms with Crippen molar-refractivity contribution in [2.75, 3.05) is 20.3 Å². The third-order valence-electron chi connectivity index (χ3n) is 3.48. The summed E-state index contributed by atoms with van der Waals surface area (Å²) in [6.45, 7) is 5.20. The molecule has 0 radical (unpaired) electrons. The van der Waals surface area contributed by atoms with Crippen LogP contribution in [0.5, 0.6) is 11.5 Å². The number of hydrogen-bond acceptors (Lipinski definition) is 3. The highest BCUT2D eigenvalue weighted by molar-refractivity contribution is 5.43. The molecule has 3 heteroatoms. The summed E-state index contributed by atoms with van der Waals surface area (Å²) >= 11 is 0. The van der Waals surface area contributed by atoms with E-state index >= 15 is 0 Å². The van der Waals surface area contributed by atoms with Gasteiger partial charge in [0.1, 0.15) is 0 Å². The van der Waals surface area contributed by atoms with Crippen LogP contribution in [0, 0.1) is 0 Å². The lowest BCUT2D eigenvalue weighted by Crippen LogP contribution is -2.06. The molecule has 1 atom stereocenters. The molecule has 0 aliphatic rings. The van der Waals surface area contributed by atoms with Crippen molar-refractivity contribution in [2.45, 2.75) is 26.4 Å². The minimum absolute atomic E-state index is 0.0358. The summed E-state index contributed by atoms with van der Waals surface area (Å²) in [5, 5.41) is 0. The summed E-state index contributed by atoms with van der Waals surface area (Å²) in [5.74, 6) is 1.59. The van der Waals surface area contributed by atoms with Crippen molar-refractivity contribution in [1.82, 2.24) is 0 Å². The Morgan fingerprint density at radius 2 is 1.55 bits per heavy atom. The van der Waals surface area contributed by atoms with Gasteiger partial charge in [0.2, 0.25) is 0 Å². The molecule has 0 aromatic heterocycles. The summed E-state index contributed by atoms with van der Waals surface area (Å²) in [4.78, 5) is 0. The van der Waals surface area contributed by atoms with E-state index in [0.29, 0.717) is 13.2 Å². The molecule has 0 aliphatic carbocycles. The van der Waals surface area contributed by atoms with Crippen LogP contribution in [0.3, 0.4) is 0 Å². The second-order valence-corrected chi connectivity index (χ2v) is 4.99. The van der Waals surface area contributed by atoms with Crippen molar-refractivity contribution < 1.29 is 14.2 Å². The van der Waals surface area contributed by atoms with Gasteiger partial charge in [0.15, 0.2) is 11.5 Å². The molecule has 22 heavy (non-hydrogen) atoms. The van der Waals surface area contributed by atoms with Gasteiger partial charge in [-0.05, 0) is 37.1 Å². The molecule has 0 N–H and O–H groups in total. The Labute approximate surface area is 132 Å². The van der Waals surface area contributed by atoms with E-state index in [-0.39, 0.29) is 6.10 Å². The van der Waals surface area contributed by atoms with Crippen LogP contribution < -0.4 is 9.47 Å². The molecule has 2 rings (SSSR count). The number of hydrogen-bond donors (Lipinski definition) is 0. The molecule has 0 amide bonds. The Hall–Kier alpha value is -2.00. The van der Waals surface area contributed by atoms with Crippen molar-refractivity contribution in [3.63, 3.8) is 0 Å². The zero-order valence-corrected chi connectivity index (χ0v) is 13.5. The van der Waals surface area contributed by atoms with E-state index in [1.165, 1.54) is 11.1 Å². The largest absolute Gasteiger partial charge is 0.490 e. The third kappa shape index (κ3) is 4.25. The zero-order chi connectivity index (χ0) is 15.8. The molecule has 2 aromatic carbocycles. The van der Waals surface area contributed by atoms with Crippen molar-refractivity contribution in [3.8, 4) is 11.5 Å². The van der Waals surface area contributed by atoms with Crippen molar-refractivity contribution in [1.29, 1.82) is 0 Å². The molecule has 0 saturated heterocycles. The Morgan fingerprint density at radius 3 is 2.18 bits per heavy atom. The van der Waals surface area contributed by atoms with E-state index in [9.17, 15) is 0 Å². The molecular formula is C19H24O3. The van der Waals surface area contributed by atoms with Gasteiger partial charge < -0.3 is 14.2 Å². The number of methoxy groups -OCH3 is 1. The normalized spacial score (nSPS) is 12.0. The van der Waals surface area contributed by atoms with Crippen molar-refractivity contribution in [3.05, 3.63) is 59.7 Å². The first-order valence-corrected chi connectivity index (χ1v) is 7.74. The van der Waals surface area contributed by atoms with Gasteiger partial charge in [-0.15, -0.1) is 0 Å². The van der Waals surface area contributed by atoms with Gasteiger partial charge in [-0.2, -0.15) is 0 Å². The zero-order valence-electron chi connectivity index (χ0n) is 13.5. The summed E-state index contributed by atoms with van der Waals surface area (Å²) < 4.78 is 16.9. The minimum Gasteiger partial charge on any atom is -0.490 e. The molecule has 0 aliphatic heterocycles. The Morgan fingerprint density at radius 1 is 0.864 bits per heavy atom. The van der Waals surface area contributed by atoms with Gasteiger partial charge >= 0.3 is 0 Å². The molecule has 0 fully saturated rings. The molecule has 0 bridgehead atoms. The first-order chi connectivity index (χ1) is 10.8. The maximum atomic E-state index is 5.69. The predicted octanol–water partition coefficient (Wildman–Crippen LogP) is 4.41. The minimum atomic E-state index is 0.0358. The van der Waals surface area contributed by atoms with Crippen LogP contribution in [0.2, 0.25) is 0 Å². The summed E-state index contributed by atoms with van der Waals surface area (Å²) in [6, 6.07) is 16.3. The van der Waals surface area contributed by atoms with Crippen molar-refractivity contribution >= 4 is 0 Å². The van der Waals surface area contributed by atoms with Gasteiger partial charge in [0, 0.05) is 13.5 Å². The molecule has 2 aromatic rings. The number of rotatable bonds is 8. The molecule has 0 saturated carbocycles. The quantitative estimate of drug-likeness (QED) is 0.722. The summed E-state index contributed by atoms with van der Waals surface area (Å²) in [5.41, 5.74) is 2.35. The number of benzene rings is 2. The Kier molecular flexibility index (Phi) is 6.28. The highest BCUT2D eigenvalue weighted by atomic mass is 16.5. The second-order valence-electron chi connectivity index (χ2n) is 4.99. The van der Waals surface area contributed by atoms with Gasteiger partial charge in [-0.1, -0.05) is 36.4 Å². The van der Waals surface area contributed by atoms with E-state index in [1.54, 1.807) is 7.11 Å². The van der Waals surface area contributed by atoms with Crippen LogP contribution >= 0.6 is 0 Å². The maximum Gasteiger partial charge on any atom is 0.161 e. The van der Waals surface area contributed by atoms with Crippen LogP contribution in [-0.2, 0) is 11.2 Å². The fourth-order valence-corrected chi connectivity index (χ4v) is 2.44. The molecule has 1 unspecified atom stereocenters. The topological polar surface area (TPSA) is 27.7 Å². The van der Waals surface area contributed by atoms with E-state index in [1.807, 2.05) is 44.2 Å². The van der Waals surface area contributed by atoms with E-state index in [2.05, 4.69) is 18.2 Å². The van der Waals surface area contributed by atoms with Gasteiger partial charge in [0.05, 0.1) is 19.3 Å². The lowest BCUT2D eigenvalue weighted by molar-refractivity contribution is 0.103. The Bertz CT molecular complexity index is 566. The van der Waals surface area contributed by atoms with Crippen LogP contribution in [0.4, 0.5) is 0 Å². The smallest absolute Gasteiger partial charge is 0.161 e. The van der Waals surface area contributed by atoms with E-state index in [0.717, 1.165) is 17.9 Å². The van der Waals surface area contributed by atoms with Gasteiger partial charge in [0.25, 0.3) is 0 Å². The lowest BCUT2D eigenvalue weighted by Gasteiger charge is -2.17. The van der Waals surface area contributed by atoms with Crippen LogP contribution in [-0.4, -0.2) is 20.3 Å². The van der Waals surface area contributed by atoms with Gasteiger partial charge in [-0.25, -0.2) is 0 Å². The monoisotopic (exact) mass is 300 g/mol. The van der Waals surface area contributed by atoms with Crippen LogP contribution in [0.15, 0.2) is 48.5 Å². The van der Waals surface area contributed by atoms with Gasteiger partial charge in [-0.3, -0.25) is 0 Å². The maximum absolute atomic E-state index is 5.69. The third-order valence-corrected chi connectivity index (χ3v) is 3.48. The summed E-state index contributed by atoms with van der Waals surface area (Å²) in [7, 11) is 1.75. The molecule has 0 spiro atoms. The number of ether oxygens (including phenoxy) is 3.